The summed E-state index contributed by atoms with van der Waals surface area (Å²) < 4.78 is 51.4. The molecule has 1 amide bonds. The number of halogens is 3. The zero-order valence-electron chi connectivity index (χ0n) is 21.5. The molecule has 1 aromatic heterocycles. The third kappa shape index (κ3) is 7.01. The Bertz CT molecular complexity index is 1020. The highest BCUT2D eigenvalue weighted by atomic mass is 19.4. The molecule has 10 heteroatoms. The molecule has 198 valence electrons. The molecule has 0 saturated heterocycles. The van der Waals surface area contributed by atoms with Gasteiger partial charge in [-0.25, -0.2) is 14.8 Å². The number of fused-ring (bicyclic) bond motifs is 1. The maximum Gasteiger partial charge on any atom is 0.416 e. The summed E-state index contributed by atoms with van der Waals surface area (Å²) in [4.78, 5) is 22.8. The van der Waals surface area contributed by atoms with Crippen molar-refractivity contribution in [3.05, 3.63) is 41.7 Å². The molecule has 2 aromatic rings. The standard InChI is InChI=1S/C26H35F3N4O3/c1-6-18-14-21(32-23-30-15-19(16-31-23)36-12-8-11-25(3,4)5)20-13-17(26(27,28)29)9-10-22(20)33(18)24(34)35-7-2/h9-10,13,15-16,18,21H,6-8,11-12,14H2,1-5H3,(H,30,31,32)/t18-,21+/m1/s1. The predicted molar refractivity (Wildman–Crippen MR) is 132 cm³/mol. The van der Waals surface area contributed by atoms with E-state index < -0.39 is 23.9 Å². The van der Waals surface area contributed by atoms with Crippen molar-refractivity contribution in [2.45, 2.75) is 78.6 Å². The average molecular weight is 509 g/mol. The first-order valence-electron chi connectivity index (χ1n) is 12.3. The van der Waals surface area contributed by atoms with Crippen molar-refractivity contribution in [2.24, 2.45) is 5.41 Å². The largest absolute Gasteiger partial charge is 0.490 e. The monoisotopic (exact) mass is 508 g/mol. The van der Waals surface area contributed by atoms with E-state index in [4.69, 9.17) is 9.47 Å². The molecule has 2 heterocycles. The molecule has 0 spiro atoms. The first-order valence-corrected chi connectivity index (χ1v) is 12.3. The Morgan fingerprint density at radius 3 is 2.44 bits per heavy atom. The van der Waals surface area contributed by atoms with E-state index in [0.717, 1.165) is 25.0 Å². The number of nitrogens with one attached hydrogen (secondary N) is 1. The number of ether oxygens (including phenoxy) is 2. The Kier molecular flexibility index (Phi) is 8.68. The van der Waals surface area contributed by atoms with Crippen LogP contribution in [0.4, 0.5) is 29.6 Å². The van der Waals surface area contributed by atoms with Gasteiger partial charge in [-0.1, -0.05) is 27.7 Å². The summed E-state index contributed by atoms with van der Waals surface area (Å²) >= 11 is 0. The normalized spacial score (nSPS) is 17.9. The van der Waals surface area contributed by atoms with Crippen LogP contribution in [0.3, 0.4) is 0 Å². The molecule has 0 bridgehead atoms. The third-order valence-electron chi connectivity index (χ3n) is 6.07. The van der Waals surface area contributed by atoms with Gasteiger partial charge in [0.1, 0.15) is 0 Å². The molecule has 0 aliphatic carbocycles. The first-order chi connectivity index (χ1) is 16.9. The van der Waals surface area contributed by atoms with E-state index in [2.05, 4.69) is 36.1 Å². The Morgan fingerprint density at radius 1 is 1.17 bits per heavy atom. The number of hydrogen-bond acceptors (Lipinski definition) is 6. The molecule has 1 aromatic carbocycles. The fourth-order valence-electron chi connectivity index (χ4n) is 4.27. The van der Waals surface area contributed by atoms with Gasteiger partial charge in [-0.15, -0.1) is 0 Å². The fourth-order valence-corrected chi connectivity index (χ4v) is 4.27. The van der Waals surface area contributed by atoms with Gasteiger partial charge >= 0.3 is 12.3 Å². The maximum atomic E-state index is 13.5. The number of alkyl halides is 3. The molecule has 1 aliphatic rings. The number of hydrogen-bond donors (Lipinski definition) is 1. The lowest BCUT2D eigenvalue weighted by Gasteiger charge is -2.40. The minimum atomic E-state index is -4.52. The minimum absolute atomic E-state index is 0.169. The van der Waals surface area contributed by atoms with Crippen LogP contribution in [0.1, 0.15) is 77.5 Å². The highest BCUT2D eigenvalue weighted by Gasteiger charge is 2.39. The number of rotatable bonds is 8. The molecule has 0 fully saturated rings. The molecular weight excluding hydrogens is 473 g/mol. The summed E-state index contributed by atoms with van der Waals surface area (Å²) in [5, 5.41) is 3.16. The lowest BCUT2D eigenvalue weighted by atomic mass is 9.89. The number of anilines is 2. The average Bonchev–Trinajstić information content (AvgIpc) is 2.81. The molecule has 36 heavy (non-hydrogen) atoms. The van der Waals surface area contributed by atoms with Crippen molar-refractivity contribution < 1.29 is 27.4 Å². The smallest absolute Gasteiger partial charge is 0.416 e. The Hall–Kier alpha value is -3.04. The molecular formula is C26H35F3N4O3. The Labute approximate surface area is 210 Å². The number of benzene rings is 1. The second kappa shape index (κ2) is 11.3. The lowest BCUT2D eigenvalue weighted by Crippen LogP contribution is -2.46. The number of aromatic nitrogens is 2. The quantitative estimate of drug-likeness (QED) is 0.387. The van der Waals surface area contributed by atoms with Crippen LogP contribution >= 0.6 is 0 Å². The van der Waals surface area contributed by atoms with Gasteiger partial charge < -0.3 is 14.8 Å². The van der Waals surface area contributed by atoms with Crippen molar-refractivity contribution in [1.29, 1.82) is 0 Å². The summed E-state index contributed by atoms with van der Waals surface area (Å²) in [5.41, 5.74) is 0.172. The zero-order valence-corrected chi connectivity index (χ0v) is 21.5. The van der Waals surface area contributed by atoms with Gasteiger partial charge in [-0.05, 0) is 61.8 Å². The van der Waals surface area contributed by atoms with Crippen LogP contribution in [0.5, 0.6) is 5.75 Å². The van der Waals surface area contributed by atoms with E-state index in [1.165, 1.54) is 11.0 Å². The van der Waals surface area contributed by atoms with E-state index >= 15 is 0 Å². The SMILES string of the molecule is CCOC(=O)N1c2ccc(C(F)(F)F)cc2[C@@H](Nc2ncc(OCCCC(C)(C)C)cn2)C[C@H]1CC. The predicted octanol–water partition coefficient (Wildman–Crippen LogP) is 7.00. The molecule has 1 aliphatic heterocycles. The highest BCUT2D eigenvalue weighted by molar-refractivity contribution is 5.90. The maximum absolute atomic E-state index is 13.5. The number of carbonyl (C=O) groups is 1. The second-order valence-corrected chi connectivity index (χ2v) is 10.1. The molecule has 0 saturated carbocycles. The number of carbonyl (C=O) groups excluding carboxylic acids is 1. The van der Waals surface area contributed by atoms with E-state index in [-0.39, 0.29) is 24.0 Å². The van der Waals surface area contributed by atoms with E-state index in [0.29, 0.717) is 36.4 Å². The van der Waals surface area contributed by atoms with Gasteiger partial charge in [-0.3, -0.25) is 4.90 Å². The van der Waals surface area contributed by atoms with Gasteiger partial charge in [0.05, 0.1) is 42.9 Å². The van der Waals surface area contributed by atoms with Crippen molar-refractivity contribution in [3.8, 4) is 5.75 Å². The molecule has 0 unspecified atom stereocenters. The van der Waals surface area contributed by atoms with Crippen LogP contribution < -0.4 is 15.0 Å². The summed E-state index contributed by atoms with van der Waals surface area (Å²) in [6.07, 6.45) is 0.897. The summed E-state index contributed by atoms with van der Waals surface area (Å²) in [5.74, 6) is 0.794. The first kappa shape index (κ1) is 27.5. The van der Waals surface area contributed by atoms with Crippen LogP contribution in [-0.2, 0) is 10.9 Å². The number of amides is 1. The topological polar surface area (TPSA) is 76.6 Å². The molecule has 7 nitrogen and oxygen atoms in total. The zero-order chi connectivity index (χ0) is 26.5. The van der Waals surface area contributed by atoms with Crippen LogP contribution in [-0.4, -0.2) is 35.3 Å². The van der Waals surface area contributed by atoms with Crippen molar-refractivity contribution in [1.82, 2.24) is 9.97 Å². The van der Waals surface area contributed by atoms with Crippen LogP contribution in [0.2, 0.25) is 0 Å². The molecule has 2 atom stereocenters. The Morgan fingerprint density at radius 2 is 1.86 bits per heavy atom. The van der Waals surface area contributed by atoms with Gasteiger partial charge in [0, 0.05) is 6.04 Å². The third-order valence-corrected chi connectivity index (χ3v) is 6.07. The second-order valence-electron chi connectivity index (χ2n) is 10.1. The van der Waals surface area contributed by atoms with Crippen molar-refractivity contribution >= 4 is 17.7 Å². The van der Waals surface area contributed by atoms with E-state index in [1.807, 2.05) is 6.92 Å². The van der Waals surface area contributed by atoms with Crippen LogP contribution in [0.25, 0.3) is 0 Å². The number of nitrogens with zero attached hydrogens (tertiary/aromatic N) is 3. The molecule has 1 N–H and O–H groups in total. The van der Waals surface area contributed by atoms with Gasteiger partial charge in [0.25, 0.3) is 0 Å². The summed E-state index contributed by atoms with van der Waals surface area (Å²) in [7, 11) is 0. The van der Waals surface area contributed by atoms with Crippen LogP contribution in [0.15, 0.2) is 30.6 Å². The lowest BCUT2D eigenvalue weighted by molar-refractivity contribution is -0.137. The van der Waals surface area contributed by atoms with Crippen LogP contribution in [0, 0.1) is 5.41 Å². The minimum Gasteiger partial charge on any atom is -0.490 e. The van der Waals surface area contributed by atoms with E-state index in [9.17, 15) is 18.0 Å². The molecule has 0 radical (unpaired) electrons. The molecule has 3 rings (SSSR count). The summed E-state index contributed by atoms with van der Waals surface area (Å²) in [6, 6.07) is 2.61. The fraction of sp³-hybridized carbons (Fsp3) is 0.577. The van der Waals surface area contributed by atoms with Gasteiger partial charge in [0.15, 0.2) is 5.75 Å². The van der Waals surface area contributed by atoms with E-state index in [1.54, 1.807) is 19.3 Å². The Balaban J connectivity index is 1.82. The highest BCUT2D eigenvalue weighted by Crippen LogP contribution is 2.43. The van der Waals surface area contributed by atoms with Crippen molar-refractivity contribution in [2.75, 3.05) is 23.4 Å². The summed E-state index contributed by atoms with van der Waals surface area (Å²) in [6.45, 7) is 10.8. The van der Waals surface area contributed by atoms with Gasteiger partial charge in [-0.2, -0.15) is 13.2 Å². The van der Waals surface area contributed by atoms with Gasteiger partial charge in [0.2, 0.25) is 5.95 Å². The van der Waals surface area contributed by atoms with Crippen molar-refractivity contribution in [3.63, 3.8) is 0 Å².